The van der Waals surface area contributed by atoms with Crippen LogP contribution in [-0.4, -0.2) is 15.9 Å². The smallest absolute Gasteiger partial charge is 0.255 e. The molecule has 0 unspecified atom stereocenters. The molecule has 2 heterocycles. The number of hydrogen-bond donors (Lipinski definition) is 1. The zero-order chi connectivity index (χ0) is 15.6. The van der Waals surface area contributed by atoms with E-state index >= 15 is 0 Å². The number of pyridine rings is 2. The third-order valence-electron chi connectivity index (χ3n) is 2.96. The van der Waals surface area contributed by atoms with E-state index in [1.54, 1.807) is 24.5 Å². The van der Waals surface area contributed by atoms with Gasteiger partial charge in [-0.3, -0.25) is 9.78 Å². The summed E-state index contributed by atoms with van der Waals surface area (Å²) in [5.74, 6) is -0.225. The molecule has 4 nitrogen and oxygen atoms in total. The molecule has 5 heteroatoms. The fourth-order valence-electron chi connectivity index (χ4n) is 1.84. The highest BCUT2D eigenvalue weighted by Crippen LogP contribution is 2.23. The van der Waals surface area contributed by atoms with Crippen LogP contribution >= 0.6 is 11.6 Å². The highest BCUT2D eigenvalue weighted by Gasteiger charge is 2.19. The Morgan fingerprint density at radius 2 is 1.90 bits per heavy atom. The van der Waals surface area contributed by atoms with Gasteiger partial charge in [0.2, 0.25) is 0 Å². The Bertz CT molecular complexity index is 677. The number of carbonyl (C=O) groups is 1. The van der Waals surface area contributed by atoms with Crippen molar-refractivity contribution in [2.75, 3.05) is 5.32 Å². The van der Waals surface area contributed by atoms with Crippen molar-refractivity contribution in [1.29, 1.82) is 0 Å². The minimum absolute atomic E-state index is 0.176. The van der Waals surface area contributed by atoms with Crippen molar-refractivity contribution < 1.29 is 4.79 Å². The van der Waals surface area contributed by atoms with Crippen molar-refractivity contribution in [2.45, 2.75) is 33.1 Å². The second kappa shape index (κ2) is 5.82. The lowest BCUT2D eigenvalue weighted by Crippen LogP contribution is -2.17. The standard InChI is InChI=1S/C16H18ClN3O/c1-10-5-12(9-18-8-10)19-15(21)11-6-13(16(2,3)4)20-14(17)7-11/h5-9H,1-4H3,(H,19,21). The van der Waals surface area contributed by atoms with Crippen molar-refractivity contribution >= 4 is 23.2 Å². The van der Waals surface area contributed by atoms with Crippen molar-refractivity contribution in [3.63, 3.8) is 0 Å². The zero-order valence-corrected chi connectivity index (χ0v) is 13.3. The van der Waals surface area contributed by atoms with Crippen LogP contribution in [0.15, 0.2) is 30.6 Å². The molecule has 0 spiro atoms. The molecule has 0 radical (unpaired) electrons. The molecule has 0 aromatic carbocycles. The first-order valence-electron chi connectivity index (χ1n) is 6.67. The summed E-state index contributed by atoms with van der Waals surface area (Å²) in [5, 5.41) is 3.13. The molecule has 0 saturated heterocycles. The SMILES string of the molecule is Cc1cncc(NC(=O)c2cc(Cl)nc(C(C)(C)C)c2)c1. The van der Waals surface area contributed by atoms with Crippen LogP contribution in [0.4, 0.5) is 5.69 Å². The number of aryl methyl sites for hydroxylation is 1. The lowest BCUT2D eigenvalue weighted by Gasteiger charge is -2.18. The molecule has 1 amide bonds. The molecule has 0 bridgehead atoms. The van der Waals surface area contributed by atoms with E-state index in [4.69, 9.17) is 11.6 Å². The molecular formula is C16H18ClN3O. The Kier molecular flexibility index (Phi) is 4.28. The molecule has 0 atom stereocenters. The Morgan fingerprint density at radius 1 is 1.19 bits per heavy atom. The topological polar surface area (TPSA) is 54.9 Å². The monoisotopic (exact) mass is 303 g/mol. The van der Waals surface area contributed by atoms with Gasteiger partial charge in [0.05, 0.1) is 11.9 Å². The van der Waals surface area contributed by atoms with Crippen molar-refractivity contribution in [3.8, 4) is 0 Å². The zero-order valence-electron chi connectivity index (χ0n) is 12.6. The van der Waals surface area contributed by atoms with Gasteiger partial charge in [-0.25, -0.2) is 4.98 Å². The summed E-state index contributed by atoms with van der Waals surface area (Å²) in [5.41, 5.74) is 2.73. The summed E-state index contributed by atoms with van der Waals surface area (Å²) in [6, 6.07) is 5.19. The van der Waals surface area contributed by atoms with Gasteiger partial charge in [-0.05, 0) is 30.7 Å². The van der Waals surface area contributed by atoms with Crippen LogP contribution in [0.1, 0.15) is 42.4 Å². The van der Waals surface area contributed by atoms with Crippen LogP contribution in [-0.2, 0) is 5.41 Å². The van der Waals surface area contributed by atoms with Crippen LogP contribution in [0.3, 0.4) is 0 Å². The van der Waals surface area contributed by atoms with E-state index in [1.807, 2.05) is 33.8 Å². The van der Waals surface area contributed by atoms with E-state index < -0.39 is 0 Å². The summed E-state index contributed by atoms with van der Waals surface area (Å²) in [6.45, 7) is 8.00. The van der Waals surface area contributed by atoms with Gasteiger partial charge in [-0.15, -0.1) is 0 Å². The van der Waals surface area contributed by atoms with Crippen LogP contribution in [0.25, 0.3) is 0 Å². The number of amides is 1. The number of carbonyl (C=O) groups excluding carboxylic acids is 1. The number of rotatable bonds is 2. The van der Waals surface area contributed by atoms with Crippen molar-refractivity contribution in [1.82, 2.24) is 9.97 Å². The second-order valence-corrected chi connectivity index (χ2v) is 6.41. The van der Waals surface area contributed by atoms with Crippen LogP contribution in [0, 0.1) is 6.92 Å². The Labute approximate surface area is 129 Å². The van der Waals surface area contributed by atoms with E-state index in [0.717, 1.165) is 11.3 Å². The van der Waals surface area contributed by atoms with E-state index in [0.29, 0.717) is 16.4 Å². The predicted molar refractivity (Wildman–Crippen MR) is 84.9 cm³/mol. The summed E-state index contributed by atoms with van der Waals surface area (Å²) < 4.78 is 0. The van der Waals surface area contributed by atoms with Gasteiger partial charge < -0.3 is 5.32 Å². The Balaban J connectivity index is 2.29. The maximum Gasteiger partial charge on any atom is 0.255 e. The number of halogens is 1. The first-order valence-corrected chi connectivity index (χ1v) is 7.04. The Hall–Kier alpha value is -1.94. The highest BCUT2D eigenvalue weighted by atomic mass is 35.5. The number of nitrogens with zero attached hydrogens (tertiary/aromatic N) is 2. The van der Waals surface area contributed by atoms with Gasteiger partial charge in [0, 0.05) is 22.9 Å². The van der Waals surface area contributed by atoms with Gasteiger partial charge in [0.15, 0.2) is 0 Å². The maximum absolute atomic E-state index is 12.3. The molecule has 0 aliphatic rings. The molecule has 0 fully saturated rings. The van der Waals surface area contributed by atoms with Crippen LogP contribution in [0.5, 0.6) is 0 Å². The van der Waals surface area contributed by atoms with Gasteiger partial charge in [0.25, 0.3) is 5.91 Å². The van der Waals surface area contributed by atoms with Crippen molar-refractivity contribution in [3.05, 3.63) is 52.6 Å². The average Bonchev–Trinajstić information content (AvgIpc) is 2.37. The summed E-state index contributed by atoms with van der Waals surface area (Å²) >= 11 is 6.02. The lowest BCUT2D eigenvalue weighted by atomic mass is 9.91. The highest BCUT2D eigenvalue weighted by molar-refractivity contribution is 6.29. The summed E-state index contributed by atoms with van der Waals surface area (Å²) in [7, 11) is 0. The van der Waals surface area contributed by atoms with Crippen molar-refractivity contribution in [2.24, 2.45) is 0 Å². The van der Waals surface area contributed by atoms with E-state index in [1.165, 1.54) is 0 Å². The third kappa shape index (κ3) is 4.02. The molecule has 0 aliphatic heterocycles. The molecular weight excluding hydrogens is 286 g/mol. The maximum atomic E-state index is 12.3. The fourth-order valence-corrected chi connectivity index (χ4v) is 2.05. The van der Waals surface area contributed by atoms with Gasteiger partial charge in [-0.2, -0.15) is 0 Å². The molecule has 110 valence electrons. The fraction of sp³-hybridized carbons (Fsp3) is 0.312. The predicted octanol–water partition coefficient (Wildman–Crippen LogP) is 3.99. The third-order valence-corrected chi connectivity index (χ3v) is 3.15. The molecule has 2 aromatic rings. The normalized spacial score (nSPS) is 11.3. The van der Waals surface area contributed by atoms with Gasteiger partial charge in [0.1, 0.15) is 5.15 Å². The number of anilines is 1. The van der Waals surface area contributed by atoms with Crippen LogP contribution in [0.2, 0.25) is 5.15 Å². The second-order valence-electron chi connectivity index (χ2n) is 6.02. The summed E-state index contributed by atoms with van der Waals surface area (Å²) in [4.78, 5) is 20.7. The first kappa shape index (κ1) is 15.4. The number of nitrogens with one attached hydrogen (secondary N) is 1. The summed E-state index contributed by atoms with van der Waals surface area (Å²) in [6.07, 6.45) is 3.34. The average molecular weight is 304 g/mol. The molecule has 0 saturated carbocycles. The van der Waals surface area contributed by atoms with E-state index in [-0.39, 0.29) is 11.3 Å². The van der Waals surface area contributed by atoms with Gasteiger partial charge in [-0.1, -0.05) is 32.4 Å². The minimum atomic E-state index is -0.225. The van der Waals surface area contributed by atoms with E-state index in [2.05, 4.69) is 15.3 Å². The van der Waals surface area contributed by atoms with E-state index in [9.17, 15) is 4.79 Å². The first-order chi connectivity index (χ1) is 9.75. The quantitative estimate of drug-likeness (QED) is 0.854. The van der Waals surface area contributed by atoms with Gasteiger partial charge >= 0.3 is 0 Å². The number of aromatic nitrogens is 2. The largest absolute Gasteiger partial charge is 0.321 e. The lowest BCUT2D eigenvalue weighted by molar-refractivity contribution is 0.102. The molecule has 1 N–H and O–H groups in total. The molecule has 2 aromatic heterocycles. The molecule has 21 heavy (non-hydrogen) atoms. The Morgan fingerprint density at radius 3 is 2.52 bits per heavy atom. The number of hydrogen-bond acceptors (Lipinski definition) is 3. The molecule has 0 aliphatic carbocycles. The van der Waals surface area contributed by atoms with Crippen LogP contribution < -0.4 is 5.32 Å². The minimum Gasteiger partial charge on any atom is -0.321 e. The molecule has 2 rings (SSSR count).